The van der Waals surface area contributed by atoms with Gasteiger partial charge in [-0.25, -0.2) is 0 Å². The number of carboxylic acids is 1. The molecule has 1 heterocycles. The molecule has 0 aromatic carbocycles. The van der Waals surface area contributed by atoms with E-state index in [-0.39, 0.29) is 18.4 Å². The molecule has 1 fully saturated rings. The molecule has 3 unspecified atom stereocenters. The molecule has 3 N–H and O–H groups in total. The minimum absolute atomic E-state index is 0.172. The van der Waals surface area contributed by atoms with E-state index in [0.717, 1.165) is 26.1 Å². The van der Waals surface area contributed by atoms with Crippen LogP contribution in [0.15, 0.2) is 0 Å². The van der Waals surface area contributed by atoms with Crippen molar-refractivity contribution < 1.29 is 15.0 Å². The maximum Gasteiger partial charge on any atom is 0.304 e. The van der Waals surface area contributed by atoms with Crippen LogP contribution in [0.2, 0.25) is 0 Å². The Morgan fingerprint density at radius 3 is 2.76 bits per heavy atom. The molecule has 1 aliphatic rings. The molecule has 17 heavy (non-hydrogen) atoms. The topological polar surface area (TPSA) is 72.8 Å². The van der Waals surface area contributed by atoms with E-state index in [0.29, 0.717) is 12.6 Å². The number of rotatable bonds is 6. The number of hydrogen-bond acceptors (Lipinski definition) is 4. The third kappa shape index (κ3) is 5.02. The van der Waals surface area contributed by atoms with Gasteiger partial charge < -0.3 is 20.4 Å². The molecule has 0 spiro atoms. The van der Waals surface area contributed by atoms with Gasteiger partial charge in [0, 0.05) is 25.7 Å². The van der Waals surface area contributed by atoms with E-state index in [1.807, 2.05) is 6.92 Å². The molecule has 0 aliphatic carbocycles. The molecule has 3 atom stereocenters. The number of nitrogens with zero attached hydrogens (tertiary/aromatic N) is 1. The largest absolute Gasteiger partial charge is 0.481 e. The summed E-state index contributed by atoms with van der Waals surface area (Å²) in [7, 11) is 0. The van der Waals surface area contributed by atoms with Gasteiger partial charge in [0.1, 0.15) is 0 Å². The van der Waals surface area contributed by atoms with Gasteiger partial charge in [-0.2, -0.15) is 0 Å². The second kappa shape index (κ2) is 6.93. The summed E-state index contributed by atoms with van der Waals surface area (Å²) in [6.07, 6.45) is 0.810. The van der Waals surface area contributed by atoms with E-state index in [4.69, 9.17) is 5.11 Å². The maximum atomic E-state index is 10.6. The first kappa shape index (κ1) is 14.4. The van der Waals surface area contributed by atoms with Crippen LogP contribution in [0.25, 0.3) is 0 Å². The van der Waals surface area contributed by atoms with Crippen LogP contribution >= 0.6 is 0 Å². The van der Waals surface area contributed by atoms with Gasteiger partial charge in [-0.1, -0.05) is 6.92 Å². The molecule has 0 aromatic heterocycles. The first-order valence-corrected chi connectivity index (χ1v) is 6.38. The molecule has 1 saturated heterocycles. The average molecular weight is 244 g/mol. The number of likely N-dealkylation sites (N-methyl/N-ethyl adjacent to an activating group) is 1. The third-order valence-electron chi connectivity index (χ3n) is 3.38. The molecule has 5 nitrogen and oxygen atoms in total. The summed E-state index contributed by atoms with van der Waals surface area (Å²) in [5, 5.41) is 21.8. The lowest BCUT2D eigenvalue weighted by molar-refractivity contribution is -0.137. The van der Waals surface area contributed by atoms with Gasteiger partial charge in [-0.3, -0.25) is 4.79 Å². The lowest BCUT2D eigenvalue weighted by Crippen LogP contribution is -2.51. The number of aliphatic hydroxyl groups is 1. The summed E-state index contributed by atoms with van der Waals surface area (Å²) in [5.74, 6) is -0.522. The standard InChI is InChI=1S/C12H24N2O3/c1-3-13-11-6-10(9(2)15)7-14(8-11)5-4-12(16)17/h9-11,13,15H,3-8H2,1-2H3,(H,16,17). The zero-order valence-electron chi connectivity index (χ0n) is 10.7. The normalized spacial score (nSPS) is 27.9. The average Bonchev–Trinajstić information content (AvgIpc) is 2.26. The minimum Gasteiger partial charge on any atom is -0.481 e. The van der Waals surface area contributed by atoms with Crippen molar-refractivity contribution in [2.75, 3.05) is 26.2 Å². The molecule has 1 rings (SSSR count). The number of likely N-dealkylation sites (tertiary alicyclic amines) is 1. The van der Waals surface area contributed by atoms with Crippen molar-refractivity contribution >= 4 is 5.97 Å². The van der Waals surface area contributed by atoms with Crippen molar-refractivity contribution in [1.82, 2.24) is 10.2 Å². The number of nitrogens with one attached hydrogen (secondary N) is 1. The molecule has 0 saturated carbocycles. The van der Waals surface area contributed by atoms with Gasteiger partial charge in [-0.05, 0) is 25.8 Å². The fourth-order valence-electron chi connectivity index (χ4n) is 2.45. The van der Waals surface area contributed by atoms with E-state index < -0.39 is 5.97 Å². The minimum atomic E-state index is -0.760. The fourth-order valence-corrected chi connectivity index (χ4v) is 2.45. The van der Waals surface area contributed by atoms with Gasteiger partial charge in [0.15, 0.2) is 0 Å². The van der Waals surface area contributed by atoms with Crippen molar-refractivity contribution in [3.05, 3.63) is 0 Å². The first-order valence-electron chi connectivity index (χ1n) is 6.38. The number of piperidine rings is 1. The second-order valence-electron chi connectivity index (χ2n) is 4.89. The Labute approximate surface area is 103 Å². The molecule has 0 radical (unpaired) electrons. The van der Waals surface area contributed by atoms with Crippen LogP contribution < -0.4 is 5.32 Å². The van der Waals surface area contributed by atoms with Crippen LogP contribution in [0, 0.1) is 5.92 Å². The van der Waals surface area contributed by atoms with Crippen molar-refractivity contribution in [1.29, 1.82) is 0 Å². The molecule has 1 aliphatic heterocycles. The van der Waals surface area contributed by atoms with E-state index >= 15 is 0 Å². The maximum absolute atomic E-state index is 10.6. The number of carboxylic acid groups (broad SMARTS) is 1. The summed E-state index contributed by atoms with van der Waals surface area (Å²) < 4.78 is 0. The Hall–Kier alpha value is -0.650. The molecular formula is C12H24N2O3. The van der Waals surface area contributed by atoms with E-state index in [2.05, 4.69) is 17.1 Å². The molecule has 0 aromatic rings. The summed E-state index contributed by atoms with van der Waals surface area (Å²) >= 11 is 0. The zero-order chi connectivity index (χ0) is 12.8. The highest BCUT2D eigenvalue weighted by Crippen LogP contribution is 2.20. The highest BCUT2D eigenvalue weighted by Gasteiger charge is 2.29. The predicted molar refractivity (Wildman–Crippen MR) is 65.9 cm³/mol. The van der Waals surface area contributed by atoms with Gasteiger partial charge in [-0.15, -0.1) is 0 Å². The highest BCUT2D eigenvalue weighted by atomic mass is 16.4. The number of carbonyl (C=O) groups is 1. The van der Waals surface area contributed by atoms with Gasteiger partial charge in [0.25, 0.3) is 0 Å². The Balaban J connectivity index is 2.49. The lowest BCUT2D eigenvalue weighted by Gasteiger charge is -2.39. The van der Waals surface area contributed by atoms with Gasteiger partial charge >= 0.3 is 5.97 Å². The van der Waals surface area contributed by atoms with Crippen molar-refractivity contribution in [2.45, 2.75) is 38.8 Å². The monoisotopic (exact) mass is 244 g/mol. The Morgan fingerprint density at radius 2 is 2.24 bits per heavy atom. The lowest BCUT2D eigenvalue weighted by atomic mass is 9.90. The first-order chi connectivity index (χ1) is 8.02. The molecule has 0 bridgehead atoms. The van der Waals surface area contributed by atoms with E-state index in [9.17, 15) is 9.90 Å². The summed E-state index contributed by atoms with van der Waals surface area (Å²) in [6.45, 7) is 7.03. The summed E-state index contributed by atoms with van der Waals surface area (Å²) in [4.78, 5) is 12.7. The van der Waals surface area contributed by atoms with Crippen molar-refractivity contribution in [3.63, 3.8) is 0 Å². The summed E-state index contributed by atoms with van der Waals surface area (Å²) in [5.41, 5.74) is 0. The summed E-state index contributed by atoms with van der Waals surface area (Å²) in [6, 6.07) is 0.363. The van der Waals surface area contributed by atoms with Crippen molar-refractivity contribution in [2.24, 2.45) is 5.92 Å². The molecule has 0 amide bonds. The van der Waals surface area contributed by atoms with Crippen LogP contribution in [0.5, 0.6) is 0 Å². The third-order valence-corrected chi connectivity index (χ3v) is 3.38. The van der Waals surface area contributed by atoms with E-state index in [1.54, 1.807) is 0 Å². The quantitative estimate of drug-likeness (QED) is 0.620. The Morgan fingerprint density at radius 1 is 1.53 bits per heavy atom. The highest BCUT2D eigenvalue weighted by molar-refractivity contribution is 5.66. The number of aliphatic carboxylic acids is 1. The Kier molecular flexibility index (Phi) is 5.88. The SMILES string of the molecule is CCNC1CC(C(C)O)CN(CCC(=O)O)C1. The smallest absolute Gasteiger partial charge is 0.304 e. The van der Waals surface area contributed by atoms with E-state index in [1.165, 1.54) is 0 Å². The van der Waals surface area contributed by atoms with Crippen LogP contribution in [0.3, 0.4) is 0 Å². The zero-order valence-corrected chi connectivity index (χ0v) is 10.7. The molecular weight excluding hydrogens is 220 g/mol. The number of aliphatic hydroxyl groups excluding tert-OH is 1. The molecule has 5 heteroatoms. The predicted octanol–water partition coefficient (Wildman–Crippen LogP) is 0.142. The fraction of sp³-hybridized carbons (Fsp3) is 0.917. The van der Waals surface area contributed by atoms with Crippen molar-refractivity contribution in [3.8, 4) is 0 Å². The van der Waals surface area contributed by atoms with Crippen LogP contribution in [-0.2, 0) is 4.79 Å². The van der Waals surface area contributed by atoms with Crippen LogP contribution in [-0.4, -0.2) is 59.4 Å². The number of hydrogen-bond donors (Lipinski definition) is 3. The second-order valence-corrected chi connectivity index (χ2v) is 4.89. The van der Waals surface area contributed by atoms with Gasteiger partial charge in [0.05, 0.1) is 12.5 Å². The Bertz CT molecular complexity index is 246. The van der Waals surface area contributed by atoms with Crippen LogP contribution in [0.1, 0.15) is 26.7 Å². The van der Waals surface area contributed by atoms with Gasteiger partial charge in [0.2, 0.25) is 0 Å². The molecule has 100 valence electrons. The van der Waals surface area contributed by atoms with Crippen LogP contribution in [0.4, 0.5) is 0 Å².